The van der Waals surface area contributed by atoms with Gasteiger partial charge in [0.1, 0.15) is 0 Å². The van der Waals surface area contributed by atoms with E-state index in [-0.39, 0.29) is 0 Å². The van der Waals surface area contributed by atoms with Crippen LogP contribution < -0.4 is 0 Å². The molecule has 0 spiro atoms. The maximum Gasteiger partial charge on any atom is -0.0131 e. The van der Waals surface area contributed by atoms with Crippen LogP contribution in [0.1, 0.15) is 69.3 Å². The predicted molar refractivity (Wildman–Crippen MR) is 77.7 cm³/mol. The zero-order valence-electron chi connectivity index (χ0n) is 11.5. The quantitative estimate of drug-likeness (QED) is 0.638. The topological polar surface area (TPSA) is 0 Å². The highest BCUT2D eigenvalue weighted by molar-refractivity contribution is 5.21. The van der Waals surface area contributed by atoms with Gasteiger partial charge in [0.15, 0.2) is 0 Å². The van der Waals surface area contributed by atoms with Gasteiger partial charge >= 0.3 is 0 Å². The molecule has 3 rings (SSSR count). The molecule has 0 amide bonds. The van der Waals surface area contributed by atoms with Gasteiger partial charge in [-0.15, -0.1) is 0 Å². The van der Waals surface area contributed by atoms with Crippen molar-refractivity contribution < 1.29 is 0 Å². The summed E-state index contributed by atoms with van der Waals surface area (Å²) in [6.07, 6.45) is 13.3. The molecule has 0 heterocycles. The first-order valence-electron chi connectivity index (χ1n) is 8.00. The average Bonchev–Trinajstić information content (AvgIpc) is 2.49. The first kappa shape index (κ1) is 12.3. The Kier molecular flexibility index (Phi) is 4.02. The molecule has 0 heteroatoms. The number of benzene rings is 1. The van der Waals surface area contributed by atoms with Crippen molar-refractivity contribution >= 4 is 0 Å². The van der Waals surface area contributed by atoms with E-state index in [1.54, 1.807) is 5.56 Å². The Bertz CT molecular complexity index is 348. The predicted octanol–water partition coefficient (Wildman–Crippen LogP) is 5.54. The summed E-state index contributed by atoms with van der Waals surface area (Å²) in [5.74, 6) is 2.88. The van der Waals surface area contributed by atoms with Crippen LogP contribution in [0.5, 0.6) is 0 Å². The van der Waals surface area contributed by atoms with Gasteiger partial charge in [-0.25, -0.2) is 0 Å². The molecule has 0 nitrogen and oxygen atoms in total. The molecule has 2 saturated carbocycles. The molecule has 0 N–H and O–H groups in total. The molecule has 2 atom stereocenters. The standard InChI is InChI=1S/C18H26/c1-3-9-15(10-4-1)17-13-7-8-14-18(17)16-11-5-2-6-12-16/h1,3-4,9-10,16-18H,2,5-8,11-14H2/t17?,18-/m1/s1. The normalized spacial score (nSPS) is 30.2. The third-order valence-corrected chi connectivity index (χ3v) is 5.30. The monoisotopic (exact) mass is 242 g/mol. The molecule has 98 valence electrons. The molecule has 0 saturated heterocycles. The molecule has 0 bridgehead atoms. The Morgan fingerprint density at radius 3 is 2.11 bits per heavy atom. The molecule has 0 aromatic heterocycles. The van der Waals surface area contributed by atoms with Crippen LogP contribution in [-0.4, -0.2) is 0 Å². The molecule has 1 aromatic carbocycles. The highest BCUT2D eigenvalue weighted by Gasteiger charge is 2.32. The fourth-order valence-corrected chi connectivity index (χ4v) is 4.40. The Morgan fingerprint density at radius 2 is 1.33 bits per heavy atom. The fraction of sp³-hybridized carbons (Fsp3) is 0.667. The lowest BCUT2D eigenvalue weighted by Crippen LogP contribution is -2.27. The van der Waals surface area contributed by atoms with Crippen molar-refractivity contribution in [3.05, 3.63) is 35.9 Å². The summed E-state index contributed by atoms with van der Waals surface area (Å²) in [7, 11) is 0. The zero-order valence-corrected chi connectivity index (χ0v) is 11.5. The second kappa shape index (κ2) is 5.91. The van der Waals surface area contributed by atoms with Crippen molar-refractivity contribution in [2.24, 2.45) is 11.8 Å². The second-order valence-corrected chi connectivity index (χ2v) is 6.36. The Balaban J connectivity index is 1.77. The maximum absolute atomic E-state index is 2.37. The van der Waals surface area contributed by atoms with E-state index >= 15 is 0 Å². The minimum Gasteiger partial charge on any atom is -0.0622 e. The number of hydrogen-bond donors (Lipinski definition) is 0. The molecular weight excluding hydrogens is 216 g/mol. The van der Waals surface area contributed by atoms with E-state index in [4.69, 9.17) is 0 Å². The van der Waals surface area contributed by atoms with Crippen LogP contribution in [0.2, 0.25) is 0 Å². The summed E-state index contributed by atoms with van der Waals surface area (Å²) >= 11 is 0. The van der Waals surface area contributed by atoms with Crippen LogP contribution >= 0.6 is 0 Å². The van der Waals surface area contributed by atoms with E-state index in [1.807, 2.05) is 0 Å². The molecular formula is C18H26. The van der Waals surface area contributed by atoms with Gasteiger partial charge in [-0.1, -0.05) is 75.3 Å². The third kappa shape index (κ3) is 2.63. The first-order valence-corrected chi connectivity index (χ1v) is 8.00. The van der Waals surface area contributed by atoms with Crippen molar-refractivity contribution in [3.63, 3.8) is 0 Å². The Morgan fingerprint density at radius 1 is 0.667 bits per heavy atom. The van der Waals surface area contributed by atoms with Crippen LogP contribution in [0, 0.1) is 11.8 Å². The van der Waals surface area contributed by atoms with E-state index in [1.165, 1.54) is 57.8 Å². The lowest BCUT2D eigenvalue weighted by atomic mass is 9.66. The molecule has 0 aliphatic heterocycles. The van der Waals surface area contributed by atoms with Crippen LogP contribution in [0.4, 0.5) is 0 Å². The van der Waals surface area contributed by atoms with Crippen LogP contribution in [-0.2, 0) is 0 Å². The van der Waals surface area contributed by atoms with E-state index in [0.29, 0.717) is 0 Å². The SMILES string of the molecule is c1ccc(C2CCCC[C@@H]2C2CCCCC2)cc1. The molecule has 2 aliphatic carbocycles. The molecule has 1 unspecified atom stereocenters. The smallest absolute Gasteiger partial charge is 0.0131 e. The van der Waals surface area contributed by atoms with Crippen LogP contribution in [0.15, 0.2) is 30.3 Å². The van der Waals surface area contributed by atoms with Gasteiger partial charge in [0.2, 0.25) is 0 Å². The summed E-state index contributed by atoms with van der Waals surface area (Å²) < 4.78 is 0. The lowest BCUT2D eigenvalue weighted by Gasteiger charge is -2.39. The van der Waals surface area contributed by atoms with E-state index < -0.39 is 0 Å². The summed E-state index contributed by atoms with van der Waals surface area (Å²) in [6.45, 7) is 0. The van der Waals surface area contributed by atoms with Crippen molar-refractivity contribution in [2.45, 2.75) is 63.7 Å². The molecule has 0 radical (unpaired) electrons. The number of hydrogen-bond acceptors (Lipinski definition) is 0. The highest BCUT2D eigenvalue weighted by Crippen LogP contribution is 2.45. The summed E-state index contributed by atoms with van der Waals surface area (Å²) in [5.41, 5.74) is 1.62. The largest absolute Gasteiger partial charge is 0.0622 e. The fourth-order valence-electron chi connectivity index (χ4n) is 4.40. The lowest BCUT2D eigenvalue weighted by molar-refractivity contribution is 0.169. The van der Waals surface area contributed by atoms with E-state index in [0.717, 1.165) is 17.8 Å². The van der Waals surface area contributed by atoms with Gasteiger partial charge in [0.25, 0.3) is 0 Å². The highest BCUT2D eigenvalue weighted by atomic mass is 14.4. The number of rotatable bonds is 2. The van der Waals surface area contributed by atoms with E-state index in [9.17, 15) is 0 Å². The maximum atomic E-state index is 2.37. The minimum atomic E-state index is 0.864. The van der Waals surface area contributed by atoms with Crippen molar-refractivity contribution in [3.8, 4) is 0 Å². The van der Waals surface area contributed by atoms with E-state index in [2.05, 4.69) is 30.3 Å². The summed E-state index contributed by atoms with van der Waals surface area (Å²) in [5, 5.41) is 0. The minimum absolute atomic E-state index is 0.864. The van der Waals surface area contributed by atoms with Crippen molar-refractivity contribution in [1.82, 2.24) is 0 Å². The van der Waals surface area contributed by atoms with Gasteiger partial charge in [0, 0.05) is 0 Å². The molecule has 1 aromatic rings. The van der Waals surface area contributed by atoms with Gasteiger partial charge in [-0.2, -0.15) is 0 Å². The van der Waals surface area contributed by atoms with Gasteiger partial charge in [0.05, 0.1) is 0 Å². The average molecular weight is 242 g/mol. The Hall–Kier alpha value is -0.780. The second-order valence-electron chi connectivity index (χ2n) is 6.36. The van der Waals surface area contributed by atoms with Gasteiger partial charge in [-0.05, 0) is 36.2 Å². The molecule has 2 fully saturated rings. The zero-order chi connectivity index (χ0) is 12.2. The van der Waals surface area contributed by atoms with Crippen molar-refractivity contribution in [2.75, 3.05) is 0 Å². The van der Waals surface area contributed by atoms with Gasteiger partial charge in [-0.3, -0.25) is 0 Å². The first-order chi connectivity index (χ1) is 8.95. The van der Waals surface area contributed by atoms with Crippen LogP contribution in [0.25, 0.3) is 0 Å². The van der Waals surface area contributed by atoms with Gasteiger partial charge < -0.3 is 0 Å². The van der Waals surface area contributed by atoms with Crippen LogP contribution in [0.3, 0.4) is 0 Å². The Labute approximate surface area is 112 Å². The third-order valence-electron chi connectivity index (χ3n) is 5.30. The molecule has 18 heavy (non-hydrogen) atoms. The molecule has 2 aliphatic rings. The van der Waals surface area contributed by atoms with Crippen molar-refractivity contribution in [1.29, 1.82) is 0 Å². The summed E-state index contributed by atoms with van der Waals surface area (Å²) in [4.78, 5) is 0. The summed E-state index contributed by atoms with van der Waals surface area (Å²) in [6, 6.07) is 11.3.